The molecule has 0 aliphatic rings. The van der Waals surface area contributed by atoms with Gasteiger partial charge in [0.15, 0.2) is 0 Å². The number of aryl methyl sites for hydroxylation is 1. The number of amides is 1. The Labute approximate surface area is 135 Å². The molecule has 23 heavy (non-hydrogen) atoms. The summed E-state index contributed by atoms with van der Waals surface area (Å²) in [7, 11) is -1.44. The highest BCUT2D eigenvalue weighted by molar-refractivity contribution is 7.88. The van der Waals surface area contributed by atoms with Crippen LogP contribution in [0, 0.1) is 0 Å². The number of nitrogens with one attached hydrogen (secondary N) is 2. The predicted molar refractivity (Wildman–Crippen MR) is 87.1 cm³/mol. The minimum atomic E-state index is -3.30. The van der Waals surface area contributed by atoms with Gasteiger partial charge in [0.1, 0.15) is 11.9 Å². The highest BCUT2D eigenvalue weighted by atomic mass is 32.2. The van der Waals surface area contributed by atoms with Crippen LogP contribution in [0.2, 0.25) is 0 Å². The molecular weight excluding hydrogens is 316 g/mol. The number of hydrogen-bond acceptors (Lipinski definition) is 4. The average molecular weight is 336 g/mol. The first-order valence-corrected chi connectivity index (χ1v) is 9.02. The van der Waals surface area contributed by atoms with Gasteiger partial charge in [0.25, 0.3) is 0 Å². The van der Waals surface area contributed by atoms with Crippen molar-refractivity contribution in [2.45, 2.75) is 12.5 Å². The molecule has 0 saturated heterocycles. The Hall–Kier alpha value is -2.19. The van der Waals surface area contributed by atoms with E-state index >= 15 is 0 Å². The van der Waals surface area contributed by atoms with Gasteiger partial charge in [0.05, 0.1) is 6.26 Å². The first kappa shape index (κ1) is 17.2. The van der Waals surface area contributed by atoms with Crippen molar-refractivity contribution in [3.05, 3.63) is 54.1 Å². The van der Waals surface area contributed by atoms with E-state index in [0.717, 1.165) is 11.8 Å². The maximum atomic E-state index is 12.1. The Morgan fingerprint density at radius 2 is 2.00 bits per heavy atom. The van der Waals surface area contributed by atoms with Crippen molar-refractivity contribution in [2.24, 2.45) is 7.05 Å². The Morgan fingerprint density at radius 1 is 1.30 bits per heavy atom. The van der Waals surface area contributed by atoms with E-state index in [9.17, 15) is 13.2 Å². The first-order chi connectivity index (χ1) is 10.9. The maximum absolute atomic E-state index is 12.1. The molecule has 7 nitrogen and oxygen atoms in total. The van der Waals surface area contributed by atoms with E-state index in [-0.39, 0.29) is 24.9 Å². The van der Waals surface area contributed by atoms with E-state index in [2.05, 4.69) is 15.0 Å². The summed E-state index contributed by atoms with van der Waals surface area (Å²) in [5.74, 6) is 0.457. The van der Waals surface area contributed by atoms with Gasteiger partial charge in [-0.2, -0.15) is 0 Å². The average Bonchev–Trinajstić information content (AvgIpc) is 2.90. The number of rotatable bonds is 7. The fourth-order valence-corrected chi connectivity index (χ4v) is 2.65. The summed E-state index contributed by atoms with van der Waals surface area (Å²) in [5.41, 5.74) is 0.909. The van der Waals surface area contributed by atoms with Gasteiger partial charge in [0.2, 0.25) is 15.9 Å². The SMILES string of the molecule is Cn1ccnc1[C@@H](NC(=O)CCNS(C)(=O)=O)c1ccccc1. The lowest BCUT2D eigenvalue weighted by Crippen LogP contribution is -2.34. The van der Waals surface area contributed by atoms with Crippen LogP contribution in [0.25, 0.3) is 0 Å². The van der Waals surface area contributed by atoms with Crippen molar-refractivity contribution < 1.29 is 13.2 Å². The van der Waals surface area contributed by atoms with Crippen LogP contribution in [0.5, 0.6) is 0 Å². The molecule has 1 aromatic heterocycles. The first-order valence-electron chi connectivity index (χ1n) is 7.13. The highest BCUT2D eigenvalue weighted by Gasteiger charge is 2.20. The van der Waals surface area contributed by atoms with Crippen molar-refractivity contribution in [2.75, 3.05) is 12.8 Å². The molecule has 0 fully saturated rings. The van der Waals surface area contributed by atoms with Crippen molar-refractivity contribution in [3.63, 3.8) is 0 Å². The topological polar surface area (TPSA) is 93.1 Å². The van der Waals surface area contributed by atoms with Gasteiger partial charge in [-0.15, -0.1) is 0 Å². The Balaban J connectivity index is 2.10. The lowest BCUT2D eigenvalue weighted by Gasteiger charge is -2.19. The zero-order valence-corrected chi connectivity index (χ0v) is 13.9. The number of sulfonamides is 1. The number of nitrogens with zero attached hydrogens (tertiary/aromatic N) is 2. The summed E-state index contributed by atoms with van der Waals surface area (Å²) in [4.78, 5) is 16.4. The van der Waals surface area contributed by atoms with Crippen LogP contribution in [0.1, 0.15) is 23.9 Å². The molecule has 1 amide bonds. The van der Waals surface area contributed by atoms with Gasteiger partial charge in [-0.05, 0) is 5.56 Å². The smallest absolute Gasteiger partial charge is 0.222 e. The molecular formula is C15H20N4O3S. The third-order valence-electron chi connectivity index (χ3n) is 3.27. The molecule has 0 aliphatic heterocycles. The third kappa shape index (κ3) is 5.19. The second-order valence-electron chi connectivity index (χ2n) is 5.22. The van der Waals surface area contributed by atoms with Crippen molar-refractivity contribution in [1.82, 2.24) is 19.6 Å². The van der Waals surface area contributed by atoms with E-state index in [1.54, 1.807) is 6.20 Å². The van der Waals surface area contributed by atoms with Gasteiger partial charge in [0, 0.05) is 32.4 Å². The van der Waals surface area contributed by atoms with Gasteiger partial charge < -0.3 is 9.88 Å². The quantitative estimate of drug-likeness (QED) is 0.773. The number of imidazole rings is 1. The van der Waals surface area contributed by atoms with E-state index in [1.165, 1.54) is 0 Å². The number of benzene rings is 1. The van der Waals surface area contributed by atoms with Crippen LogP contribution in [0.15, 0.2) is 42.7 Å². The van der Waals surface area contributed by atoms with Crippen molar-refractivity contribution >= 4 is 15.9 Å². The largest absolute Gasteiger partial charge is 0.342 e. The zero-order valence-electron chi connectivity index (χ0n) is 13.1. The minimum absolute atomic E-state index is 0.0564. The fourth-order valence-electron chi connectivity index (χ4n) is 2.18. The lowest BCUT2D eigenvalue weighted by molar-refractivity contribution is -0.121. The molecule has 1 aromatic carbocycles. The summed E-state index contributed by atoms with van der Waals surface area (Å²) in [6.45, 7) is 0.0622. The molecule has 0 aliphatic carbocycles. The third-order valence-corrected chi connectivity index (χ3v) is 4.00. The summed E-state index contributed by atoms with van der Waals surface area (Å²) >= 11 is 0. The number of carbonyl (C=O) groups excluding carboxylic acids is 1. The molecule has 124 valence electrons. The Morgan fingerprint density at radius 3 is 2.57 bits per heavy atom. The predicted octanol–water partition coefficient (Wildman–Crippen LogP) is 0.565. The second kappa shape index (κ2) is 7.38. The fraction of sp³-hybridized carbons (Fsp3) is 0.333. The monoisotopic (exact) mass is 336 g/mol. The van der Waals surface area contributed by atoms with Gasteiger partial charge >= 0.3 is 0 Å². The standard InChI is InChI=1S/C15H20N4O3S/c1-19-11-10-16-15(19)14(12-6-4-3-5-7-12)18-13(20)8-9-17-23(2,21)22/h3-7,10-11,14,17H,8-9H2,1-2H3,(H,18,20)/t14-/m0/s1. The molecule has 0 bridgehead atoms. The van der Waals surface area contributed by atoms with Crippen molar-refractivity contribution in [3.8, 4) is 0 Å². The minimum Gasteiger partial charge on any atom is -0.342 e. The summed E-state index contributed by atoms with van der Waals surface area (Å²) in [6.07, 6.45) is 4.59. The normalized spacial score (nSPS) is 12.8. The van der Waals surface area contributed by atoms with Gasteiger partial charge in [-0.3, -0.25) is 4.79 Å². The number of aromatic nitrogens is 2. The maximum Gasteiger partial charge on any atom is 0.222 e. The molecule has 2 aromatic rings. The van der Waals surface area contributed by atoms with E-state index in [0.29, 0.717) is 5.82 Å². The second-order valence-corrected chi connectivity index (χ2v) is 7.06. The van der Waals surface area contributed by atoms with E-state index in [1.807, 2.05) is 48.1 Å². The van der Waals surface area contributed by atoms with Gasteiger partial charge in [-0.1, -0.05) is 30.3 Å². The summed E-state index contributed by atoms with van der Waals surface area (Å²) in [5, 5.41) is 2.91. The van der Waals surface area contributed by atoms with E-state index in [4.69, 9.17) is 0 Å². The summed E-state index contributed by atoms with van der Waals surface area (Å²) in [6, 6.07) is 9.12. The van der Waals surface area contributed by atoms with Crippen LogP contribution < -0.4 is 10.0 Å². The van der Waals surface area contributed by atoms with Crippen LogP contribution >= 0.6 is 0 Å². The highest BCUT2D eigenvalue weighted by Crippen LogP contribution is 2.20. The Kier molecular flexibility index (Phi) is 5.51. The molecule has 1 atom stereocenters. The number of carbonyl (C=O) groups is 1. The summed E-state index contributed by atoms with van der Waals surface area (Å²) < 4.78 is 26.2. The molecule has 0 radical (unpaired) electrons. The molecule has 8 heteroatoms. The molecule has 2 rings (SSSR count). The van der Waals surface area contributed by atoms with Crippen LogP contribution in [-0.4, -0.2) is 36.7 Å². The zero-order chi connectivity index (χ0) is 16.9. The van der Waals surface area contributed by atoms with Crippen molar-refractivity contribution in [1.29, 1.82) is 0 Å². The van der Waals surface area contributed by atoms with Crippen LogP contribution in [-0.2, 0) is 21.9 Å². The molecule has 0 unspecified atom stereocenters. The molecule has 2 N–H and O–H groups in total. The van der Waals surface area contributed by atoms with Gasteiger partial charge in [-0.25, -0.2) is 18.1 Å². The molecule has 0 spiro atoms. The Bertz CT molecular complexity index is 756. The molecule has 1 heterocycles. The molecule has 0 saturated carbocycles. The van der Waals surface area contributed by atoms with Crippen LogP contribution in [0.3, 0.4) is 0 Å². The van der Waals surface area contributed by atoms with Crippen LogP contribution in [0.4, 0.5) is 0 Å². The lowest BCUT2D eigenvalue weighted by atomic mass is 10.1. The van der Waals surface area contributed by atoms with E-state index < -0.39 is 10.0 Å². The number of hydrogen-bond donors (Lipinski definition) is 2.